The Hall–Kier alpha value is -4.68. The van der Waals surface area contributed by atoms with E-state index in [1.165, 1.54) is 6.20 Å². The normalized spacial score (nSPS) is 12.0. The van der Waals surface area contributed by atoms with Gasteiger partial charge in [0.2, 0.25) is 11.3 Å². The van der Waals surface area contributed by atoms with Crippen LogP contribution in [0.4, 0.5) is 5.82 Å². The van der Waals surface area contributed by atoms with Crippen molar-refractivity contribution >= 4 is 39.7 Å². The van der Waals surface area contributed by atoms with Crippen molar-refractivity contribution in [3.05, 3.63) is 118 Å². The van der Waals surface area contributed by atoms with E-state index in [9.17, 15) is 9.00 Å². The van der Waals surface area contributed by atoms with Crippen molar-refractivity contribution in [2.75, 3.05) is 5.73 Å². The summed E-state index contributed by atoms with van der Waals surface area (Å²) in [7, 11) is 0. The second-order valence-electron chi connectivity index (χ2n) is 9.14. The van der Waals surface area contributed by atoms with E-state index >= 15 is 0 Å². The average molecular weight is 584 g/mol. The molecule has 3 aromatic carbocycles. The second kappa shape index (κ2) is 11.1. The van der Waals surface area contributed by atoms with Gasteiger partial charge < -0.3 is 5.73 Å². The highest BCUT2D eigenvalue weighted by molar-refractivity contribution is 7.77. The first kappa shape index (κ1) is 26.5. The van der Waals surface area contributed by atoms with Crippen LogP contribution >= 0.6 is 11.6 Å². The van der Waals surface area contributed by atoms with Crippen LogP contribution in [0.3, 0.4) is 0 Å². The van der Waals surface area contributed by atoms with Gasteiger partial charge in [-0.1, -0.05) is 48.0 Å². The maximum Gasteiger partial charge on any atom is 0.269 e. The number of nitrogen functional groups attached to an aromatic ring is 1. The van der Waals surface area contributed by atoms with E-state index in [0.717, 1.165) is 16.7 Å². The Morgan fingerprint density at radius 3 is 2.34 bits per heavy atom. The first-order valence-electron chi connectivity index (χ1n) is 12.4. The van der Waals surface area contributed by atoms with Gasteiger partial charge in [-0.05, 0) is 59.7 Å². The molecule has 0 spiro atoms. The van der Waals surface area contributed by atoms with Gasteiger partial charge in [0.25, 0.3) is 5.56 Å². The molecule has 1 atom stereocenters. The van der Waals surface area contributed by atoms with Gasteiger partial charge in [0.15, 0.2) is 5.65 Å². The molecule has 12 heteroatoms. The summed E-state index contributed by atoms with van der Waals surface area (Å²) < 4.78 is 25.8. The molecular formula is C29H22ClN7O3S. The number of halogens is 1. The lowest BCUT2D eigenvalue weighted by Gasteiger charge is -2.14. The summed E-state index contributed by atoms with van der Waals surface area (Å²) in [6, 6.07) is 25.5. The zero-order valence-corrected chi connectivity index (χ0v) is 22.9. The molecule has 0 radical (unpaired) electrons. The maximum absolute atomic E-state index is 14.0. The highest BCUT2D eigenvalue weighted by atomic mass is 35.5. The molecule has 0 aliphatic heterocycles. The predicted octanol–water partition coefficient (Wildman–Crippen LogP) is 4.76. The zero-order chi connectivity index (χ0) is 28.5. The molecule has 10 nitrogen and oxygen atoms in total. The number of nitrogens with zero attached hydrogens (tertiary/aromatic N) is 5. The number of pyridine rings is 1. The van der Waals surface area contributed by atoms with E-state index < -0.39 is 11.3 Å². The fourth-order valence-electron chi connectivity index (χ4n) is 4.51. The summed E-state index contributed by atoms with van der Waals surface area (Å²) >= 11 is 3.99. The van der Waals surface area contributed by atoms with Gasteiger partial charge in [-0.3, -0.25) is 13.9 Å². The van der Waals surface area contributed by atoms with Crippen LogP contribution in [0.15, 0.2) is 102 Å². The van der Waals surface area contributed by atoms with Crippen molar-refractivity contribution in [3.8, 4) is 33.9 Å². The fourth-order valence-corrected chi connectivity index (χ4v) is 4.93. The number of nitrogens with one attached hydrogen (secondary N) is 1. The first-order chi connectivity index (χ1) is 19.9. The minimum Gasteiger partial charge on any atom is -0.384 e. The standard InChI is InChI=1S/C29H22ClN7O3S/c30-22-9-11-23(12-10-22)36-27(20-6-4-19(5-7-20)21-8-13-26(31)32-16-21)35-28-25(29(36)38)17-33-37(28)24-3-1-2-18(14-24)15-34-41(39)40/h1-14,16-17,34H,15H2,(H2,31,32)(H,39,40). The average Bonchev–Trinajstić information content (AvgIpc) is 3.42. The molecule has 0 saturated carbocycles. The van der Waals surface area contributed by atoms with Crippen LogP contribution in [0.5, 0.6) is 0 Å². The van der Waals surface area contributed by atoms with Crippen molar-refractivity contribution in [2.45, 2.75) is 6.54 Å². The van der Waals surface area contributed by atoms with Crippen LogP contribution in [-0.4, -0.2) is 33.1 Å². The van der Waals surface area contributed by atoms with Crippen LogP contribution in [0.25, 0.3) is 44.9 Å². The number of nitrogens with two attached hydrogens (primary N) is 1. The Morgan fingerprint density at radius 1 is 0.902 bits per heavy atom. The summed E-state index contributed by atoms with van der Waals surface area (Å²) in [6.45, 7) is 0.175. The highest BCUT2D eigenvalue weighted by Gasteiger charge is 2.19. The van der Waals surface area contributed by atoms with Crippen molar-refractivity contribution in [1.82, 2.24) is 29.0 Å². The molecule has 0 fully saturated rings. The molecule has 0 saturated heterocycles. The lowest BCUT2D eigenvalue weighted by Crippen LogP contribution is -2.22. The van der Waals surface area contributed by atoms with E-state index in [2.05, 4.69) is 14.8 Å². The molecule has 0 aliphatic carbocycles. The molecule has 6 aromatic rings. The maximum atomic E-state index is 14.0. The molecule has 0 amide bonds. The molecule has 204 valence electrons. The Kier molecular flexibility index (Phi) is 7.16. The van der Waals surface area contributed by atoms with Gasteiger partial charge >= 0.3 is 0 Å². The van der Waals surface area contributed by atoms with E-state index in [-0.39, 0.29) is 12.1 Å². The molecule has 6 rings (SSSR count). The summed E-state index contributed by atoms with van der Waals surface area (Å²) in [5.41, 5.74) is 10.4. The van der Waals surface area contributed by atoms with E-state index in [1.54, 1.807) is 51.8 Å². The number of aromatic nitrogens is 5. The Balaban J connectivity index is 1.51. The van der Waals surface area contributed by atoms with Crippen LogP contribution in [0, 0.1) is 0 Å². The predicted molar refractivity (Wildman–Crippen MR) is 160 cm³/mol. The number of benzene rings is 3. The van der Waals surface area contributed by atoms with Crippen LogP contribution in [0.1, 0.15) is 5.56 Å². The van der Waals surface area contributed by atoms with Crippen LogP contribution in [-0.2, 0) is 17.8 Å². The number of anilines is 1. The van der Waals surface area contributed by atoms with Gasteiger partial charge in [0.1, 0.15) is 17.0 Å². The number of rotatable bonds is 7. The summed E-state index contributed by atoms with van der Waals surface area (Å²) in [5, 5.41) is 5.35. The smallest absolute Gasteiger partial charge is 0.269 e. The third kappa shape index (κ3) is 5.39. The van der Waals surface area contributed by atoms with E-state index in [0.29, 0.717) is 44.6 Å². The van der Waals surface area contributed by atoms with Gasteiger partial charge in [-0.15, -0.1) is 0 Å². The Bertz CT molecular complexity index is 1960. The number of fused-ring (bicyclic) bond motifs is 1. The quantitative estimate of drug-likeness (QED) is 0.230. The largest absolute Gasteiger partial charge is 0.384 e. The minimum atomic E-state index is -2.14. The molecule has 0 aliphatic rings. The highest BCUT2D eigenvalue weighted by Crippen LogP contribution is 2.27. The third-order valence-corrected chi connectivity index (χ3v) is 7.15. The van der Waals surface area contributed by atoms with Gasteiger partial charge in [0, 0.05) is 28.9 Å². The SMILES string of the molecule is Nc1ccc(-c2ccc(-c3nc4c(cnn4-c4cccc(CNS(=O)O)c4)c(=O)n3-c3ccc(Cl)cc3)cc2)cn1. The van der Waals surface area contributed by atoms with Crippen molar-refractivity contribution in [1.29, 1.82) is 0 Å². The van der Waals surface area contributed by atoms with E-state index in [1.807, 2.05) is 48.5 Å². The van der Waals surface area contributed by atoms with Gasteiger partial charge in [-0.2, -0.15) is 5.10 Å². The third-order valence-electron chi connectivity index (χ3n) is 6.50. The van der Waals surface area contributed by atoms with Crippen molar-refractivity contribution < 1.29 is 8.76 Å². The summed E-state index contributed by atoms with van der Waals surface area (Å²) in [4.78, 5) is 23.1. The minimum absolute atomic E-state index is 0.175. The molecule has 41 heavy (non-hydrogen) atoms. The lowest BCUT2D eigenvalue weighted by atomic mass is 10.0. The first-order valence-corrected chi connectivity index (χ1v) is 13.9. The van der Waals surface area contributed by atoms with Crippen LogP contribution < -0.4 is 16.0 Å². The molecule has 1 unspecified atom stereocenters. The monoisotopic (exact) mass is 583 g/mol. The molecular weight excluding hydrogens is 562 g/mol. The van der Waals surface area contributed by atoms with E-state index in [4.69, 9.17) is 26.9 Å². The number of hydrogen-bond donors (Lipinski definition) is 3. The van der Waals surface area contributed by atoms with Gasteiger partial charge in [0.05, 0.1) is 17.6 Å². The number of hydrogen-bond acceptors (Lipinski definition) is 6. The van der Waals surface area contributed by atoms with Gasteiger partial charge in [-0.25, -0.2) is 23.6 Å². The molecule has 3 aromatic heterocycles. The van der Waals surface area contributed by atoms with Crippen molar-refractivity contribution in [3.63, 3.8) is 0 Å². The lowest BCUT2D eigenvalue weighted by molar-refractivity contribution is 0.548. The van der Waals surface area contributed by atoms with Crippen LogP contribution in [0.2, 0.25) is 5.02 Å². The molecule has 3 heterocycles. The fraction of sp³-hybridized carbons (Fsp3) is 0.0345. The topological polar surface area (TPSA) is 141 Å². The molecule has 4 N–H and O–H groups in total. The summed E-state index contributed by atoms with van der Waals surface area (Å²) in [5.74, 6) is 0.860. The Labute approximate surface area is 241 Å². The Morgan fingerprint density at radius 2 is 1.63 bits per heavy atom. The zero-order valence-electron chi connectivity index (χ0n) is 21.3. The second-order valence-corrected chi connectivity index (χ2v) is 10.4. The van der Waals surface area contributed by atoms with Crippen molar-refractivity contribution in [2.24, 2.45) is 0 Å². The molecule has 0 bridgehead atoms. The summed E-state index contributed by atoms with van der Waals surface area (Å²) in [6.07, 6.45) is 3.20.